The van der Waals surface area contributed by atoms with Crippen LogP contribution in [0.4, 0.5) is 0 Å². The molecule has 82 valence electrons. The third-order valence-corrected chi connectivity index (χ3v) is 3.77. The molecular formula is C13H18ClN. The summed E-state index contributed by atoms with van der Waals surface area (Å²) in [5, 5.41) is 4.48. The van der Waals surface area contributed by atoms with Crippen LogP contribution >= 0.6 is 11.6 Å². The Bertz CT molecular complexity index is 331. The molecule has 1 aliphatic rings. The van der Waals surface area contributed by atoms with E-state index in [0.717, 1.165) is 11.6 Å². The van der Waals surface area contributed by atoms with E-state index < -0.39 is 0 Å². The number of rotatable bonds is 1. The molecule has 1 fully saturated rings. The number of nitrogens with one attached hydrogen (secondary N) is 1. The van der Waals surface area contributed by atoms with E-state index in [4.69, 9.17) is 11.6 Å². The van der Waals surface area contributed by atoms with Gasteiger partial charge in [-0.15, -0.1) is 0 Å². The van der Waals surface area contributed by atoms with E-state index in [0.29, 0.717) is 6.04 Å². The maximum atomic E-state index is 6.17. The lowest BCUT2D eigenvalue weighted by atomic mass is 9.95. The minimum atomic E-state index is 0.536. The summed E-state index contributed by atoms with van der Waals surface area (Å²) in [6.07, 6.45) is 3.89. The first kappa shape index (κ1) is 11.0. The van der Waals surface area contributed by atoms with Crippen molar-refractivity contribution in [1.29, 1.82) is 0 Å². The molecule has 0 spiro atoms. The number of halogens is 1. The van der Waals surface area contributed by atoms with Gasteiger partial charge in [-0.25, -0.2) is 0 Å². The molecule has 1 aliphatic heterocycles. The minimum absolute atomic E-state index is 0.536. The lowest BCUT2D eigenvalue weighted by molar-refractivity contribution is 0.412. The topological polar surface area (TPSA) is 12.0 Å². The second-order valence-corrected chi connectivity index (χ2v) is 4.85. The van der Waals surface area contributed by atoms with Gasteiger partial charge < -0.3 is 5.32 Å². The maximum Gasteiger partial charge on any atom is 0.0464 e. The van der Waals surface area contributed by atoms with Gasteiger partial charge in [0.1, 0.15) is 0 Å². The van der Waals surface area contributed by atoms with Crippen molar-refractivity contribution in [1.82, 2.24) is 5.32 Å². The summed E-state index contributed by atoms with van der Waals surface area (Å²) in [7, 11) is 0. The monoisotopic (exact) mass is 223 g/mol. The fourth-order valence-electron chi connectivity index (χ4n) is 2.32. The van der Waals surface area contributed by atoms with Gasteiger partial charge in [0.15, 0.2) is 0 Å². The predicted molar refractivity (Wildman–Crippen MR) is 65.5 cm³/mol. The Kier molecular flexibility index (Phi) is 3.32. The van der Waals surface area contributed by atoms with Crippen LogP contribution in [0.1, 0.15) is 42.0 Å². The van der Waals surface area contributed by atoms with Crippen LogP contribution in [0.25, 0.3) is 0 Å². The zero-order valence-corrected chi connectivity index (χ0v) is 10.2. The number of hydrogen-bond acceptors (Lipinski definition) is 1. The van der Waals surface area contributed by atoms with Gasteiger partial charge in [-0.2, -0.15) is 0 Å². The molecule has 0 bridgehead atoms. The summed E-state index contributed by atoms with van der Waals surface area (Å²) in [5.41, 5.74) is 3.78. The third-order valence-electron chi connectivity index (χ3n) is 3.17. The Morgan fingerprint density at radius 2 is 1.87 bits per heavy atom. The summed E-state index contributed by atoms with van der Waals surface area (Å²) in [5.74, 6) is 0. The number of hydrogen-bond donors (Lipinski definition) is 1. The second kappa shape index (κ2) is 4.54. The van der Waals surface area contributed by atoms with Gasteiger partial charge in [0.05, 0.1) is 0 Å². The molecule has 0 saturated carbocycles. The third kappa shape index (κ3) is 2.35. The standard InChI is InChI=1S/C13H18ClN/c1-9-7-11(8-10(2)13(9)14)12-5-3-4-6-15-12/h7-8,12,15H,3-6H2,1-2H3. The van der Waals surface area contributed by atoms with Crippen LogP contribution in [0.15, 0.2) is 12.1 Å². The van der Waals surface area contributed by atoms with Crippen molar-refractivity contribution in [2.75, 3.05) is 6.54 Å². The van der Waals surface area contributed by atoms with E-state index >= 15 is 0 Å². The van der Waals surface area contributed by atoms with Gasteiger partial charge in [0, 0.05) is 11.1 Å². The summed E-state index contributed by atoms with van der Waals surface area (Å²) in [4.78, 5) is 0. The number of benzene rings is 1. The molecule has 0 radical (unpaired) electrons. The average molecular weight is 224 g/mol. The molecule has 1 aromatic rings. The van der Waals surface area contributed by atoms with Crippen LogP contribution in [-0.4, -0.2) is 6.54 Å². The quantitative estimate of drug-likeness (QED) is 0.764. The van der Waals surface area contributed by atoms with Gasteiger partial charge in [0.2, 0.25) is 0 Å². The van der Waals surface area contributed by atoms with Crippen LogP contribution in [0, 0.1) is 13.8 Å². The molecule has 1 nitrogen and oxygen atoms in total. The highest BCUT2D eigenvalue weighted by molar-refractivity contribution is 6.32. The van der Waals surface area contributed by atoms with Crippen LogP contribution in [0.5, 0.6) is 0 Å². The van der Waals surface area contributed by atoms with Crippen molar-refractivity contribution in [3.63, 3.8) is 0 Å². The summed E-state index contributed by atoms with van der Waals surface area (Å²) >= 11 is 6.17. The van der Waals surface area contributed by atoms with E-state index in [2.05, 4.69) is 31.3 Å². The van der Waals surface area contributed by atoms with Gasteiger partial charge in [-0.3, -0.25) is 0 Å². The molecular weight excluding hydrogens is 206 g/mol. The normalized spacial score (nSPS) is 21.7. The van der Waals surface area contributed by atoms with Crippen LogP contribution in [0.3, 0.4) is 0 Å². The second-order valence-electron chi connectivity index (χ2n) is 4.47. The maximum absolute atomic E-state index is 6.17. The highest BCUT2D eigenvalue weighted by atomic mass is 35.5. The number of piperidine rings is 1. The first-order valence-corrected chi connectivity index (χ1v) is 6.06. The molecule has 0 aliphatic carbocycles. The molecule has 1 saturated heterocycles. The van der Waals surface area contributed by atoms with Crippen molar-refractivity contribution in [2.45, 2.75) is 39.2 Å². The van der Waals surface area contributed by atoms with E-state index in [-0.39, 0.29) is 0 Å². The predicted octanol–water partition coefficient (Wildman–Crippen LogP) is 3.77. The van der Waals surface area contributed by atoms with Gasteiger partial charge >= 0.3 is 0 Å². The zero-order valence-electron chi connectivity index (χ0n) is 9.44. The van der Waals surface area contributed by atoms with Crippen molar-refractivity contribution >= 4 is 11.6 Å². The Hall–Kier alpha value is -0.530. The molecule has 1 N–H and O–H groups in total. The van der Waals surface area contributed by atoms with Crippen LogP contribution in [0.2, 0.25) is 5.02 Å². The fourth-order valence-corrected chi connectivity index (χ4v) is 2.43. The van der Waals surface area contributed by atoms with Gasteiger partial charge in [-0.05, 0) is 49.9 Å². The lowest BCUT2D eigenvalue weighted by Crippen LogP contribution is -2.26. The van der Waals surface area contributed by atoms with Crippen LogP contribution in [-0.2, 0) is 0 Å². The average Bonchev–Trinajstić information content (AvgIpc) is 2.26. The first-order valence-electron chi connectivity index (χ1n) is 5.68. The summed E-state index contributed by atoms with van der Waals surface area (Å²) < 4.78 is 0. The molecule has 1 unspecified atom stereocenters. The summed E-state index contributed by atoms with van der Waals surface area (Å²) in [6.45, 7) is 5.31. The molecule has 2 heteroatoms. The Morgan fingerprint density at radius 1 is 1.20 bits per heavy atom. The lowest BCUT2D eigenvalue weighted by Gasteiger charge is -2.24. The molecule has 1 atom stereocenters. The fraction of sp³-hybridized carbons (Fsp3) is 0.538. The van der Waals surface area contributed by atoms with Crippen molar-refractivity contribution in [3.05, 3.63) is 33.8 Å². The first-order chi connectivity index (χ1) is 7.18. The highest BCUT2D eigenvalue weighted by Gasteiger charge is 2.15. The van der Waals surface area contributed by atoms with Crippen molar-refractivity contribution in [2.24, 2.45) is 0 Å². The molecule has 0 aromatic heterocycles. The molecule has 0 amide bonds. The van der Waals surface area contributed by atoms with E-state index in [1.54, 1.807) is 0 Å². The van der Waals surface area contributed by atoms with E-state index in [1.165, 1.54) is 36.0 Å². The van der Waals surface area contributed by atoms with E-state index in [1.807, 2.05) is 0 Å². The molecule has 15 heavy (non-hydrogen) atoms. The van der Waals surface area contributed by atoms with Gasteiger partial charge in [-0.1, -0.05) is 30.2 Å². The minimum Gasteiger partial charge on any atom is -0.310 e. The number of aryl methyl sites for hydroxylation is 2. The largest absolute Gasteiger partial charge is 0.310 e. The van der Waals surface area contributed by atoms with Gasteiger partial charge in [0.25, 0.3) is 0 Å². The summed E-state index contributed by atoms with van der Waals surface area (Å²) in [6, 6.07) is 4.98. The van der Waals surface area contributed by atoms with Crippen molar-refractivity contribution in [3.8, 4) is 0 Å². The Labute approximate surface area is 96.8 Å². The molecule has 1 heterocycles. The Morgan fingerprint density at radius 3 is 2.40 bits per heavy atom. The zero-order chi connectivity index (χ0) is 10.8. The van der Waals surface area contributed by atoms with E-state index in [9.17, 15) is 0 Å². The Balaban J connectivity index is 2.27. The SMILES string of the molecule is Cc1cc(C2CCCCN2)cc(C)c1Cl. The van der Waals surface area contributed by atoms with Crippen LogP contribution < -0.4 is 5.32 Å². The van der Waals surface area contributed by atoms with Crippen molar-refractivity contribution < 1.29 is 0 Å². The highest BCUT2D eigenvalue weighted by Crippen LogP contribution is 2.28. The molecule has 2 rings (SSSR count). The molecule has 1 aromatic carbocycles. The smallest absolute Gasteiger partial charge is 0.0464 e.